The first-order chi connectivity index (χ1) is 17.2. The number of benzene rings is 1. The number of hydrogen-bond donors (Lipinski definition) is 1. The van der Waals surface area contributed by atoms with E-state index in [1.165, 1.54) is 32.4 Å². The molecule has 1 saturated heterocycles. The zero-order valence-electron chi connectivity index (χ0n) is 19.4. The molecule has 5 aromatic rings. The van der Waals surface area contributed by atoms with Crippen molar-refractivity contribution >= 4 is 27.8 Å². The number of rotatable bonds is 5. The lowest BCUT2D eigenvalue weighted by Gasteiger charge is -2.41. The molecule has 35 heavy (non-hydrogen) atoms. The van der Waals surface area contributed by atoms with Crippen LogP contribution in [0.15, 0.2) is 61.1 Å². The normalized spacial score (nSPS) is 20.1. The molecule has 4 aromatic heterocycles. The standard InChI is InChI=1S/C27H26N8/c28-26-24-25(19-6-5-18-7-8-22(32-23(18)14-19)21-4-1-2-9-29-21)33-35(27(24)31-16-30-26)20-12-17(13-20)15-34-10-3-11-34/h1-2,4-9,14,16-17,20H,3,10-13,15H2,(H2,28,30,31). The van der Waals surface area contributed by atoms with Crippen molar-refractivity contribution in [1.29, 1.82) is 0 Å². The van der Waals surface area contributed by atoms with E-state index in [0.717, 1.165) is 63.3 Å². The molecule has 1 aromatic carbocycles. The monoisotopic (exact) mass is 462 g/mol. The van der Waals surface area contributed by atoms with Crippen LogP contribution >= 0.6 is 0 Å². The van der Waals surface area contributed by atoms with E-state index in [2.05, 4.69) is 48.8 Å². The second-order valence-corrected chi connectivity index (χ2v) is 9.72. The Kier molecular flexibility index (Phi) is 4.73. The number of anilines is 1. The molecule has 0 atom stereocenters. The summed E-state index contributed by atoms with van der Waals surface area (Å²) in [4.78, 5) is 20.8. The number of pyridine rings is 2. The summed E-state index contributed by atoms with van der Waals surface area (Å²) in [6.07, 6.45) is 6.92. The molecular formula is C27H26N8. The number of nitrogen functional groups attached to an aromatic ring is 1. The Morgan fingerprint density at radius 3 is 2.63 bits per heavy atom. The molecule has 5 heterocycles. The van der Waals surface area contributed by atoms with Crippen LogP contribution in [-0.2, 0) is 0 Å². The quantitative estimate of drug-likeness (QED) is 0.415. The lowest BCUT2D eigenvalue weighted by atomic mass is 9.79. The van der Waals surface area contributed by atoms with Gasteiger partial charge in [-0.2, -0.15) is 5.10 Å². The van der Waals surface area contributed by atoms with Crippen molar-refractivity contribution in [3.8, 4) is 22.6 Å². The molecule has 8 nitrogen and oxygen atoms in total. The summed E-state index contributed by atoms with van der Waals surface area (Å²) in [7, 11) is 0. The van der Waals surface area contributed by atoms with Crippen molar-refractivity contribution in [2.24, 2.45) is 5.92 Å². The van der Waals surface area contributed by atoms with Gasteiger partial charge < -0.3 is 10.6 Å². The second-order valence-electron chi connectivity index (χ2n) is 9.72. The minimum atomic E-state index is 0.348. The summed E-state index contributed by atoms with van der Waals surface area (Å²) in [5, 5.41) is 6.94. The van der Waals surface area contributed by atoms with Gasteiger partial charge in [0.25, 0.3) is 0 Å². The first-order valence-electron chi connectivity index (χ1n) is 12.3. The van der Waals surface area contributed by atoms with Gasteiger partial charge in [-0.15, -0.1) is 0 Å². The molecule has 1 aliphatic carbocycles. The fourth-order valence-electron chi connectivity index (χ4n) is 5.35. The highest BCUT2D eigenvalue weighted by atomic mass is 15.3. The van der Waals surface area contributed by atoms with Crippen molar-refractivity contribution in [3.05, 3.63) is 61.1 Å². The summed E-state index contributed by atoms with van der Waals surface area (Å²) >= 11 is 0. The first-order valence-corrected chi connectivity index (χ1v) is 12.3. The third-order valence-electron chi connectivity index (χ3n) is 7.43. The van der Waals surface area contributed by atoms with Crippen LogP contribution in [0.4, 0.5) is 5.82 Å². The van der Waals surface area contributed by atoms with Crippen LogP contribution in [0, 0.1) is 5.92 Å². The highest BCUT2D eigenvalue weighted by Crippen LogP contribution is 2.42. The molecule has 2 aliphatic rings. The van der Waals surface area contributed by atoms with Gasteiger partial charge in [-0.3, -0.25) is 4.98 Å². The first kappa shape index (κ1) is 20.5. The van der Waals surface area contributed by atoms with Crippen molar-refractivity contribution in [2.45, 2.75) is 25.3 Å². The molecule has 2 fully saturated rings. The predicted octanol–water partition coefficient (Wildman–Crippen LogP) is 4.34. The largest absolute Gasteiger partial charge is 0.383 e. The SMILES string of the molecule is Nc1ncnc2c1c(-c1ccc3ccc(-c4ccccn4)nc3c1)nn2C1CC(CN2CCC2)C1. The summed E-state index contributed by atoms with van der Waals surface area (Å²) in [6, 6.07) is 16.5. The van der Waals surface area contributed by atoms with E-state index < -0.39 is 0 Å². The smallest absolute Gasteiger partial charge is 0.164 e. The molecule has 0 radical (unpaired) electrons. The molecule has 0 bridgehead atoms. The summed E-state index contributed by atoms with van der Waals surface area (Å²) < 4.78 is 2.08. The van der Waals surface area contributed by atoms with E-state index in [0.29, 0.717) is 11.9 Å². The van der Waals surface area contributed by atoms with Crippen LogP contribution in [-0.4, -0.2) is 54.3 Å². The lowest BCUT2D eigenvalue weighted by molar-refractivity contribution is 0.0880. The molecule has 2 N–H and O–H groups in total. The van der Waals surface area contributed by atoms with E-state index >= 15 is 0 Å². The maximum Gasteiger partial charge on any atom is 0.164 e. The third kappa shape index (κ3) is 3.52. The Labute approximate surface area is 202 Å². The Hall–Kier alpha value is -3.91. The maximum atomic E-state index is 6.36. The van der Waals surface area contributed by atoms with Gasteiger partial charge in [-0.05, 0) is 62.5 Å². The van der Waals surface area contributed by atoms with E-state index in [1.54, 1.807) is 6.20 Å². The Bertz CT molecular complexity index is 1530. The zero-order chi connectivity index (χ0) is 23.4. The number of hydrogen-bond acceptors (Lipinski definition) is 7. The molecule has 1 saturated carbocycles. The van der Waals surface area contributed by atoms with Gasteiger partial charge in [0.2, 0.25) is 0 Å². The van der Waals surface area contributed by atoms with Gasteiger partial charge in [0.1, 0.15) is 17.8 Å². The van der Waals surface area contributed by atoms with E-state index in [-0.39, 0.29) is 0 Å². The van der Waals surface area contributed by atoms with Crippen LogP contribution in [0.2, 0.25) is 0 Å². The second kappa shape index (κ2) is 8.09. The minimum Gasteiger partial charge on any atom is -0.383 e. The topological polar surface area (TPSA) is 98.6 Å². The Morgan fingerprint density at radius 1 is 0.943 bits per heavy atom. The van der Waals surface area contributed by atoms with Crippen LogP contribution in [0.3, 0.4) is 0 Å². The predicted molar refractivity (Wildman–Crippen MR) is 137 cm³/mol. The minimum absolute atomic E-state index is 0.348. The average Bonchev–Trinajstić information content (AvgIpc) is 3.22. The highest BCUT2D eigenvalue weighted by Gasteiger charge is 2.35. The van der Waals surface area contributed by atoms with Gasteiger partial charge in [0.15, 0.2) is 5.65 Å². The van der Waals surface area contributed by atoms with Crippen molar-refractivity contribution in [1.82, 2.24) is 34.6 Å². The number of nitrogens with zero attached hydrogens (tertiary/aromatic N) is 7. The molecule has 7 rings (SSSR count). The number of nitrogens with two attached hydrogens (primary N) is 1. The highest BCUT2D eigenvalue weighted by molar-refractivity contribution is 6.00. The molecule has 8 heteroatoms. The fourth-order valence-corrected chi connectivity index (χ4v) is 5.35. The summed E-state index contributed by atoms with van der Waals surface area (Å²) in [6.45, 7) is 3.70. The average molecular weight is 463 g/mol. The van der Waals surface area contributed by atoms with Gasteiger partial charge in [-0.1, -0.05) is 24.3 Å². The molecule has 1 aliphatic heterocycles. The Morgan fingerprint density at radius 2 is 1.83 bits per heavy atom. The van der Waals surface area contributed by atoms with Crippen molar-refractivity contribution in [2.75, 3.05) is 25.4 Å². The van der Waals surface area contributed by atoms with E-state index in [9.17, 15) is 0 Å². The molecular weight excluding hydrogens is 436 g/mol. The van der Waals surface area contributed by atoms with Gasteiger partial charge in [0.05, 0.1) is 28.3 Å². The van der Waals surface area contributed by atoms with Gasteiger partial charge in [-0.25, -0.2) is 19.6 Å². The van der Waals surface area contributed by atoms with Crippen LogP contribution in [0.1, 0.15) is 25.3 Å². The molecule has 0 spiro atoms. The van der Waals surface area contributed by atoms with Gasteiger partial charge >= 0.3 is 0 Å². The van der Waals surface area contributed by atoms with E-state index in [1.807, 2.05) is 24.3 Å². The van der Waals surface area contributed by atoms with Crippen molar-refractivity contribution in [3.63, 3.8) is 0 Å². The van der Waals surface area contributed by atoms with Crippen LogP contribution in [0.25, 0.3) is 44.6 Å². The maximum absolute atomic E-state index is 6.36. The number of likely N-dealkylation sites (tertiary alicyclic amines) is 1. The zero-order valence-corrected chi connectivity index (χ0v) is 19.4. The number of aromatic nitrogens is 6. The Balaban J connectivity index is 1.27. The molecule has 0 unspecified atom stereocenters. The lowest BCUT2D eigenvalue weighted by Crippen LogP contribution is -2.44. The van der Waals surface area contributed by atoms with Crippen LogP contribution in [0.5, 0.6) is 0 Å². The molecule has 0 amide bonds. The summed E-state index contributed by atoms with van der Waals surface area (Å²) in [5.74, 6) is 1.19. The number of fused-ring (bicyclic) bond motifs is 2. The third-order valence-corrected chi connectivity index (χ3v) is 7.43. The van der Waals surface area contributed by atoms with Gasteiger partial charge in [0, 0.05) is 23.7 Å². The van der Waals surface area contributed by atoms with E-state index in [4.69, 9.17) is 15.8 Å². The van der Waals surface area contributed by atoms with Crippen LogP contribution < -0.4 is 5.73 Å². The van der Waals surface area contributed by atoms with Crippen molar-refractivity contribution < 1.29 is 0 Å². The summed E-state index contributed by atoms with van der Waals surface area (Å²) in [5.41, 5.74) is 11.5. The fraction of sp³-hybridized carbons (Fsp3) is 0.296. The molecule has 174 valence electrons.